The first-order chi connectivity index (χ1) is 20.8. The summed E-state index contributed by atoms with van der Waals surface area (Å²) in [5, 5.41) is 15.0. The van der Waals surface area contributed by atoms with Gasteiger partial charge < -0.3 is 5.11 Å². The van der Waals surface area contributed by atoms with Gasteiger partial charge in [0.15, 0.2) is 0 Å². The fourth-order valence-electron chi connectivity index (χ4n) is 5.30. The van der Waals surface area contributed by atoms with Crippen molar-refractivity contribution in [1.29, 1.82) is 0 Å². The topological polar surface area (TPSA) is 23.1 Å². The van der Waals surface area contributed by atoms with Crippen LogP contribution in [0.4, 0.5) is 0 Å². The number of hydrogen-bond donors (Lipinski definition) is 0. The highest BCUT2D eigenvalue weighted by molar-refractivity contribution is 7.95. The average Bonchev–Trinajstić information content (AvgIpc) is 3.06. The van der Waals surface area contributed by atoms with Crippen LogP contribution in [0.25, 0.3) is 0 Å². The summed E-state index contributed by atoms with van der Waals surface area (Å²) in [6, 6.07) is 33.9. The predicted molar refractivity (Wildman–Crippen MR) is 193 cm³/mol. The molecule has 0 saturated carbocycles. The number of hydrogen-bond acceptors (Lipinski definition) is 1. The van der Waals surface area contributed by atoms with Gasteiger partial charge in [-0.1, -0.05) is 177 Å². The van der Waals surface area contributed by atoms with Crippen LogP contribution in [-0.4, -0.2) is 6.16 Å². The zero-order chi connectivity index (χ0) is 31.1. The second kappa shape index (κ2) is 19.2. The largest absolute Gasteiger partial charge is 0.870 e. The van der Waals surface area contributed by atoms with Gasteiger partial charge in [0.1, 0.15) is 23.2 Å². The van der Waals surface area contributed by atoms with Crippen molar-refractivity contribution in [3.05, 3.63) is 116 Å². The lowest BCUT2D eigenvalue weighted by Crippen LogP contribution is -2.33. The Labute approximate surface area is 283 Å². The van der Waals surface area contributed by atoms with E-state index in [0.717, 1.165) is 0 Å². The molecule has 0 N–H and O–H groups in total. The minimum atomic E-state index is -1.63. The third kappa shape index (κ3) is 10.0. The SMILES string of the molecule is CCCCCCCCCCCC[P+](c1ccccc1)(c1ccccc1)c1ccccc1.[O-]c1c(Cl)c(Cl)c(Cl)c(Cl)c1Cl. The summed E-state index contributed by atoms with van der Waals surface area (Å²) in [6.07, 6.45) is 15.2. The fraction of sp³-hybridized carbons (Fsp3) is 0.333. The Morgan fingerprint density at radius 3 is 1.09 bits per heavy atom. The van der Waals surface area contributed by atoms with Gasteiger partial charge in [0, 0.05) is 0 Å². The van der Waals surface area contributed by atoms with Crippen molar-refractivity contribution in [1.82, 2.24) is 0 Å². The van der Waals surface area contributed by atoms with Gasteiger partial charge in [0.25, 0.3) is 0 Å². The first-order valence-electron chi connectivity index (χ1n) is 15.1. The van der Waals surface area contributed by atoms with Crippen LogP contribution in [0.15, 0.2) is 91.0 Å². The number of unbranched alkanes of at least 4 members (excludes halogenated alkanes) is 9. The zero-order valence-corrected chi connectivity index (χ0v) is 29.4. The first-order valence-corrected chi connectivity index (χ1v) is 18.9. The number of rotatable bonds is 14. The molecular weight excluding hydrogens is 657 g/mol. The molecule has 0 radical (unpaired) electrons. The van der Waals surface area contributed by atoms with Crippen molar-refractivity contribution < 1.29 is 5.11 Å². The normalized spacial score (nSPS) is 11.2. The molecule has 0 bridgehead atoms. The summed E-state index contributed by atoms with van der Waals surface area (Å²) in [4.78, 5) is 0. The maximum Gasteiger partial charge on any atom is 0.112 e. The molecule has 0 aliphatic rings. The summed E-state index contributed by atoms with van der Waals surface area (Å²) in [5.41, 5.74) is 0. The van der Waals surface area contributed by atoms with Gasteiger partial charge in [0.05, 0.1) is 31.3 Å². The molecule has 0 unspecified atom stereocenters. The highest BCUT2D eigenvalue weighted by Crippen LogP contribution is 2.56. The summed E-state index contributed by atoms with van der Waals surface area (Å²) >= 11 is 27.7. The number of halogens is 5. The summed E-state index contributed by atoms with van der Waals surface area (Å²) < 4.78 is 0. The lowest BCUT2D eigenvalue weighted by molar-refractivity contribution is -0.267. The van der Waals surface area contributed by atoms with E-state index < -0.39 is 13.0 Å². The molecule has 4 aromatic rings. The maximum absolute atomic E-state index is 11.1. The monoisotopic (exact) mass is 694 g/mol. The Morgan fingerprint density at radius 2 is 0.744 bits per heavy atom. The summed E-state index contributed by atoms with van der Waals surface area (Å²) in [6.45, 7) is 2.29. The summed E-state index contributed by atoms with van der Waals surface area (Å²) in [5.74, 6) is -0.613. The molecular formula is C36H40Cl5OP. The van der Waals surface area contributed by atoms with Gasteiger partial charge >= 0.3 is 0 Å². The molecule has 4 aromatic carbocycles. The highest BCUT2D eigenvalue weighted by atomic mass is 35.5. The smallest absolute Gasteiger partial charge is 0.112 e. The lowest BCUT2D eigenvalue weighted by atomic mass is 10.1. The van der Waals surface area contributed by atoms with Crippen LogP contribution in [0, 0.1) is 0 Å². The van der Waals surface area contributed by atoms with E-state index in [1.807, 2.05) is 0 Å². The molecule has 0 aliphatic heterocycles. The molecule has 0 heterocycles. The highest BCUT2D eigenvalue weighted by Gasteiger charge is 2.44. The first kappa shape index (κ1) is 36.0. The molecule has 7 heteroatoms. The Balaban J connectivity index is 0.000000353. The van der Waals surface area contributed by atoms with Crippen molar-refractivity contribution in [2.45, 2.75) is 71.1 Å². The van der Waals surface area contributed by atoms with E-state index in [1.54, 1.807) is 0 Å². The van der Waals surface area contributed by atoms with Crippen LogP contribution in [-0.2, 0) is 0 Å². The predicted octanol–water partition coefficient (Wildman–Crippen LogP) is 11.9. The van der Waals surface area contributed by atoms with Crippen LogP contribution >= 0.6 is 65.3 Å². The lowest BCUT2D eigenvalue weighted by Gasteiger charge is -2.27. The van der Waals surface area contributed by atoms with Crippen LogP contribution in [0.2, 0.25) is 25.1 Å². The Kier molecular flexibility index (Phi) is 16.1. The molecule has 0 aliphatic carbocycles. The van der Waals surface area contributed by atoms with Gasteiger partial charge in [-0.25, -0.2) is 0 Å². The van der Waals surface area contributed by atoms with Gasteiger partial charge in [-0.15, -0.1) is 0 Å². The van der Waals surface area contributed by atoms with E-state index in [4.69, 9.17) is 58.0 Å². The quantitative estimate of drug-likeness (QED) is 0.0557. The zero-order valence-electron chi connectivity index (χ0n) is 24.7. The van der Waals surface area contributed by atoms with E-state index in [-0.39, 0.29) is 25.1 Å². The van der Waals surface area contributed by atoms with Gasteiger partial charge in [-0.2, -0.15) is 0 Å². The molecule has 4 rings (SSSR count). The molecule has 0 amide bonds. The second-order valence-corrected chi connectivity index (χ2v) is 16.1. The van der Waals surface area contributed by atoms with Gasteiger partial charge in [0.2, 0.25) is 0 Å². The average molecular weight is 697 g/mol. The molecule has 0 atom stereocenters. The standard InChI is InChI=1S/C30H40P.C6HCl5O/c1-2-3-4-5-6-7-8-9-10-20-27-31(28-21-14-11-15-22-28,29-23-16-12-17-24-29)30-25-18-13-19-26-30;7-1-2(8)4(10)6(12)5(11)3(1)9/h11-19,21-26H,2-10,20,27H2,1H3;12H/q+1;/p-1. The van der Waals surface area contributed by atoms with Gasteiger partial charge in [-0.3, -0.25) is 0 Å². The second-order valence-electron chi connectivity index (χ2n) is 10.6. The van der Waals surface area contributed by atoms with E-state index in [0.29, 0.717) is 0 Å². The summed E-state index contributed by atoms with van der Waals surface area (Å²) in [7, 11) is -1.63. The number of benzene rings is 4. The van der Waals surface area contributed by atoms with Crippen molar-refractivity contribution in [3.63, 3.8) is 0 Å². The molecule has 230 valence electrons. The van der Waals surface area contributed by atoms with Crippen LogP contribution in [0.5, 0.6) is 5.75 Å². The van der Waals surface area contributed by atoms with Crippen molar-refractivity contribution in [2.75, 3.05) is 6.16 Å². The third-order valence-electron chi connectivity index (χ3n) is 7.61. The maximum atomic E-state index is 11.1. The minimum Gasteiger partial charge on any atom is -0.870 e. The molecule has 0 saturated heterocycles. The fourth-order valence-corrected chi connectivity index (χ4v) is 10.8. The van der Waals surface area contributed by atoms with Crippen molar-refractivity contribution in [3.8, 4) is 5.75 Å². The molecule has 43 heavy (non-hydrogen) atoms. The van der Waals surface area contributed by atoms with E-state index in [9.17, 15) is 5.11 Å². The molecule has 0 aromatic heterocycles. The van der Waals surface area contributed by atoms with Crippen molar-refractivity contribution >= 4 is 81.2 Å². The Morgan fingerprint density at radius 1 is 0.442 bits per heavy atom. The Bertz CT molecular complexity index is 1170. The molecule has 0 spiro atoms. The van der Waals surface area contributed by atoms with E-state index >= 15 is 0 Å². The van der Waals surface area contributed by atoms with Gasteiger partial charge in [-0.05, 0) is 49.2 Å². The van der Waals surface area contributed by atoms with E-state index in [1.165, 1.54) is 86.3 Å². The van der Waals surface area contributed by atoms with Crippen LogP contribution in [0.1, 0.15) is 71.1 Å². The minimum absolute atomic E-state index is 0.00654. The van der Waals surface area contributed by atoms with Crippen LogP contribution < -0.4 is 21.0 Å². The van der Waals surface area contributed by atoms with Crippen molar-refractivity contribution in [2.24, 2.45) is 0 Å². The third-order valence-corrected chi connectivity index (χ3v) is 14.4. The van der Waals surface area contributed by atoms with E-state index in [2.05, 4.69) is 97.9 Å². The van der Waals surface area contributed by atoms with Crippen LogP contribution in [0.3, 0.4) is 0 Å². The molecule has 1 nitrogen and oxygen atoms in total. The Hall–Kier alpha value is -1.44. The molecule has 0 fully saturated rings.